The van der Waals surface area contributed by atoms with Gasteiger partial charge >= 0.3 is 17.9 Å². The molecule has 6 nitrogen and oxygen atoms in total. The normalized spacial score (nSPS) is 25.6. The summed E-state index contributed by atoms with van der Waals surface area (Å²) in [5.74, 6) is -0.615. The Hall–Kier alpha value is -1.59. The van der Waals surface area contributed by atoms with Crippen LogP contribution in [0.5, 0.6) is 0 Å². The van der Waals surface area contributed by atoms with Gasteiger partial charge in [0.25, 0.3) is 0 Å². The molecule has 0 spiro atoms. The Balaban J connectivity index is 2.73. The van der Waals surface area contributed by atoms with E-state index < -0.39 is 24.0 Å². The maximum absolute atomic E-state index is 12.3. The van der Waals surface area contributed by atoms with Crippen molar-refractivity contribution in [1.82, 2.24) is 0 Å². The van der Waals surface area contributed by atoms with E-state index in [0.717, 1.165) is 19.3 Å². The first-order valence-electron chi connectivity index (χ1n) is 8.21. The molecule has 0 heterocycles. The summed E-state index contributed by atoms with van der Waals surface area (Å²) in [5.41, 5.74) is 0. The van der Waals surface area contributed by atoms with Crippen molar-refractivity contribution in [1.29, 1.82) is 0 Å². The lowest BCUT2D eigenvalue weighted by Crippen LogP contribution is -2.41. The molecule has 1 fully saturated rings. The van der Waals surface area contributed by atoms with Crippen molar-refractivity contribution < 1.29 is 28.6 Å². The number of carbonyl (C=O) groups excluding carboxylic acids is 3. The molecule has 0 radical (unpaired) electrons. The summed E-state index contributed by atoms with van der Waals surface area (Å²) in [6, 6.07) is 0. The summed E-state index contributed by atoms with van der Waals surface area (Å²) >= 11 is 0. The van der Waals surface area contributed by atoms with Gasteiger partial charge < -0.3 is 14.2 Å². The third-order valence-corrected chi connectivity index (χ3v) is 4.24. The van der Waals surface area contributed by atoms with E-state index >= 15 is 0 Å². The highest BCUT2D eigenvalue weighted by Gasteiger charge is 2.36. The van der Waals surface area contributed by atoms with Crippen LogP contribution in [0.1, 0.15) is 53.9 Å². The van der Waals surface area contributed by atoms with Crippen LogP contribution in [0.15, 0.2) is 0 Å². The van der Waals surface area contributed by atoms with Gasteiger partial charge in [0, 0.05) is 13.8 Å². The van der Waals surface area contributed by atoms with E-state index in [2.05, 4.69) is 20.8 Å². The second kappa shape index (κ2) is 8.89. The van der Waals surface area contributed by atoms with Gasteiger partial charge in [-0.15, -0.1) is 0 Å². The Labute approximate surface area is 137 Å². The summed E-state index contributed by atoms with van der Waals surface area (Å²) in [4.78, 5) is 34.4. The fourth-order valence-electron chi connectivity index (χ4n) is 3.02. The molecular weight excluding hydrogens is 300 g/mol. The van der Waals surface area contributed by atoms with Crippen LogP contribution in [0.2, 0.25) is 0 Å². The minimum absolute atomic E-state index is 0.193. The van der Waals surface area contributed by atoms with Crippen molar-refractivity contribution in [3.63, 3.8) is 0 Å². The van der Waals surface area contributed by atoms with Crippen LogP contribution in [-0.4, -0.2) is 36.7 Å². The molecule has 4 atom stereocenters. The molecule has 0 aromatic carbocycles. The molecule has 1 aliphatic carbocycles. The van der Waals surface area contributed by atoms with Crippen molar-refractivity contribution in [2.75, 3.05) is 6.61 Å². The molecular formula is C17H28O6. The summed E-state index contributed by atoms with van der Waals surface area (Å²) < 4.78 is 15.4. The van der Waals surface area contributed by atoms with Crippen LogP contribution in [0, 0.1) is 17.8 Å². The molecule has 0 N–H and O–H groups in total. The highest BCUT2D eigenvalue weighted by Crippen LogP contribution is 2.35. The summed E-state index contributed by atoms with van der Waals surface area (Å²) in [5, 5.41) is 0. The second-order valence-corrected chi connectivity index (χ2v) is 6.70. The molecule has 0 bridgehead atoms. The number of ether oxygens (including phenoxy) is 3. The minimum atomic E-state index is -1.21. The highest BCUT2D eigenvalue weighted by atomic mass is 16.6. The molecule has 6 heteroatoms. The maximum Gasteiger partial charge on any atom is 0.351 e. The van der Waals surface area contributed by atoms with E-state index in [0.29, 0.717) is 17.8 Å². The average Bonchev–Trinajstić information content (AvgIpc) is 2.42. The first-order chi connectivity index (χ1) is 10.7. The molecule has 1 aliphatic rings. The molecule has 4 unspecified atom stereocenters. The van der Waals surface area contributed by atoms with Gasteiger partial charge in [-0.1, -0.05) is 27.2 Å². The topological polar surface area (TPSA) is 78.9 Å². The van der Waals surface area contributed by atoms with Gasteiger partial charge in [0.15, 0.2) is 0 Å². The van der Waals surface area contributed by atoms with Crippen LogP contribution in [0.25, 0.3) is 0 Å². The predicted octanol–water partition coefficient (Wildman–Crippen LogP) is 2.49. The number of hydrogen-bond acceptors (Lipinski definition) is 6. The molecule has 0 aromatic rings. The Kier molecular flexibility index (Phi) is 7.52. The second-order valence-electron chi connectivity index (χ2n) is 6.70. The molecule has 23 heavy (non-hydrogen) atoms. The number of esters is 3. The first-order valence-corrected chi connectivity index (χ1v) is 8.21. The van der Waals surface area contributed by atoms with E-state index in [1.54, 1.807) is 0 Å². The van der Waals surface area contributed by atoms with Crippen molar-refractivity contribution in [3.05, 3.63) is 0 Å². The maximum atomic E-state index is 12.3. The lowest BCUT2D eigenvalue weighted by Gasteiger charge is -2.37. The van der Waals surface area contributed by atoms with Gasteiger partial charge in [-0.3, -0.25) is 9.59 Å². The minimum Gasteiger partial charge on any atom is -0.461 e. The Morgan fingerprint density at radius 1 is 1.09 bits per heavy atom. The Bertz CT molecular complexity index is 431. The molecule has 132 valence electrons. The lowest BCUT2D eigenvalue weighted by molar-refractivity contribution is -0.180. The SMILES string of the molecule is CC(=O)OCC(OC(C)=O)C(=O)OC1CC(C)CCC1C(C)C. The van der Waals surface area contributed by atoms with Gasteiger partial charge in [-0.2, -0.15) is 0 Å². The zero-order valence-electron chi connectivity index (χ0n) is 14.7. The van der Waals surface area contributed by atoms with Crippen LogP contribution in [-0.2, 0) is 28.6 Å². The third-order valence-electron chi connectivity index (χ3n) is 4.24. The number of rotatable bonds is 6. The third kappa shape index (κ3) is 6.59. The van der Waals surface area contributed by atoms with Crippen LogP contribution < -0.4 is 0 Å². The standard InChI is InChI=1S/C17H28O6/c1-10(2)14-7-6-11(3)8-15(14)23-17(20)16(22-13(5)19)9-21-12(4)18/h10-11,14-16H,6-9H2,1-5H3. The van der Waals surface area contributed by atoms with Crippen molar-refractivity contribution in [3.8, 4) is 0 Å². The molecule has 0 aliphatic heterocycles. The Morgan fingerprint density at radius 2 is 1.74 bits per heavy atom. The first kappa shape index (κ1) is 19.5. The largest absolute Gasteiger partial charge is 0.461 e. The van der Waals surface area contributed by atoms with Crippen molar-refractivity contribution >= 4 is 17.9 Å². The quantitative estimate of drug-likeness (QED) is 0.550. The van der Waals surface area contributed by atoms with Gasteiger partial charge in [-0.05, 0) is 30.6 Å². The lowest BCUT2D eigenvalue weighted by atomic mass is 9.75. The number of carbonyl (C=O) groups is 3. The molecule has 0 saturated heterocycles. The van der Waals surface area contributed by atoms with Crippen LogP contribution in [0.3, 0.4) is 0 Å². The van der Waals surface area contributed by atoms with E-state index in [1.807, 2.05) is 0 Å². The monoisotopic (exact) mass is 328 g/mol. The zero-order valence-corrected chi connectivity index (χ0v) is 14.7. The summed E-state index contributed by atoms with van der Waals surface area (Å²) in [6.45, 7) is 8.48. The molecule has 1 saturated carbocycles. The number of hydrogen-bond donors (Lipinski definition) is 0. The predicted molar refractivity (Wildman–Crippen MR) is 83.4 cm³/mol. The molecule has 0 aromatic heterocycles. The highest BCUT2D eigenvalue weighted by molar-refractivity contribution is 5.79. The van der Waals surface area contributed by atoms with Crippen LogP contribution >= 0.6 is 0 Å². The van der Waals surface area contributed by atoms with E-state index in [1.165, 1.54) is 13.8 Å². The van der Waals surface area contributed by atoms with Gasteiger partial charge in [0.2, 0.25) is 6.10 Å². The smallest absolute Gasteiger partial charge is 0.351 e. The van der Waals surface area contributed by atoms with E-state index in [-0.39, 0.29) is 12.7 Å². The van der Waals surface area contributed by atoms with E-state index in [9.17, 15) is 14.4 Å². The van der Waals surface area contributed by atoms with Gasteiger partial charge in [0.1, 0.15) is 12.7 Å². The zero-order chi connectivity index (χ0) is 17.6. The summed E-state index contributed by atoms with van der Waals surface area (Å²) in [7, 11) is 0. The van der Waals surface area contributed by atoms with Crippen molar-refractivity contribution in [2.24, 2.45) is 17.8 Å². The van der Waals surface area contributed by atoms with E-state index in [4.69, 9.17) is 14.2 Å². The van der Waals surface area contributed by atoms with Crippen molar-refractivity contribution in [2.45, 2.75) is 66.1 Å². The Morgan fingerprint density at radius 3 is 2.26 bits per heavy atom. The van der Waals surface area contributed by atoms with Crippen LogP contribution in [0.4, 0.5) is 0 Å². The molecule has 0 amide bonds. The average molecular weight is 328 g/mol. The van der Waals surface area contributed by atoms with Gasteiger partial charge in [-0.25, -0.2) is 4.79 Å². The van der Waals surface area contributed by atoms with Gasteiger partial charge in [0.05, 0.1) is 0 Å². The fraction of sp³-hybridized carbons (Fsp3) is 0.824. The molecule has 1 rings (SSSR count). The fourth-order valence-corrected chi connectivity index (χ4v) is 3.02. The summed E-state index contributed by atoms with van der Waals surface area (Å²) in [6.07, 6.45) is 1.54.